The summed E-state index contributed by atoms with van der Waals surface area (Å²) in [6, 6.07) is -0.498. The van der Waals surface area contributed by atoms with Crippen molar-refractivity contribution < 1.29 is 9.53 Å². The molecule has 0 spiro atoms. The minimum absolute atomic E-state index is 0.0545. The topological polar surface area (TPSA) is 123 Å². The molecular weight excluding hydrogens is 422 g/mol. The van der Waals surface area contributed by atoms with Gasteiger partial charge in [0.05, 0.1) is 36.7 Å². The molecule has 2 N–H and O–H groups in total. The van der Waals surface area contributed by atoms with Crippen LogP contribution in [0.1, 0.15) is 45.3 Å². The first-order chi connectivity index (χ1) is 15.9. The maximum Gasteiger partial charge on any atom is 0.248 e. The highest BCUT2D eigenvalue weighted by Crippen LogP contribution is 2.31. The molecule has 1 fully saturated rings. The van der Waals surface area contributed by atoms with Crippen LogP contribution in [0.15, 0.2) is 31.1 Å². The summed E-state index contributed by atoms with van der Waals surface area (Å²) in [5, 5.41) is 5.90. The minimum Gasteiger partial charge on any atom is -0.355 e. The van der Waals surface area contributed by atoms with Crippen molar-refractivity contribution >= 4 is 23.5 Å². The number of fused-ring (bicyclic) bond motifs is 1. The summed E-state index contributed by atoms with van der Waals surface area (Å²) >= 11 is 0. The summed E-state index contributed by atoms with van der Waals surface area (Å²) in [6.45, 7) is 7.98. The maximum atomic E-state index is 12.9. The van der Waals surface area contributed by atoms with E-state index in [1.54, 1.807) is 36.4 Å². The Balaban J connectivity index is 1.30. The summed E-state index contributed by atoms with van der Waals surface area (Å²) in [5.74, 6) is 1.59. The fourth-order valence-electron chi connectivity index (χ4n) is 4.27. The van der Waals surface area contributed by atoms with Gasteiger partial charge in [-0.05, 0) is 33.6 Å². The minimum atomic E-state index is -0.498. The smallest absolute Gasteiger partial charge is 0.248 e. The van der Waals surface area contributed by atoms with Gasteiger partial charge in [0.25, 0.3) is 0 Å². The first-order valence-corrected chi connectivity index (χ1v) is 11.0. The molecule has 5 heterocycles. The molecule has 0 bridgehead atoms. The second kappa shape index (κ2) is 8.39. The van der Waals surface area contributed by atoms with Crippen LogP contribution in [0.3, 0.4) is 0 Å². The molecule has 3 aromatic rings. The van der Waals surface area contributed by atoms with Crippen molar-refractivity contribution in [3.63, 3.8) is 0 Å². The lowest BCUT2D eigenvalue weighted by molar-refractivity contribution is -0.118. The average Bonchev–Trinajstić information content (AvgIpc) is 3.41. The van der Waals surface area contributed by atoms with E-state index < -0.39 is 6.04 Å². The summed E-state index contributed by atoms with van der Waals surface area (Å²) in [6.07, 6.45) is 10.5. The normalized spacial score (nSPS) is 17.8. The van der Waals surface area contributed by atoms with Gasteiger partial charge in [0.2, 0.25) is 11.9 Å². The van der Waals surface area contributed by atoms with Gasteiger partial charge in [0.1, 0.15) is 12.8 Å². The van der Waals surface area contributed by atoms with Gasteiger partial charge in [-0.3, -0.25) is 9.78 Å². The Kier molecular flexibility index (Phi) is 5.41. The van der Waals surface area contributed by atoms with Crippen LogP contribution in [-0.4, -0.2) is 54.2 Å². The van der Waals surface area contributed by atoms with Gasteiger partial charge in [-0.25, -0.2) is 19.9 Å². The van der Waals surface area contributed by atoms with E-state index in [2.05, 4.69) is 54.3 Å². The summed E-state index contributed by atoms with van der Waals surface area (Å²) in [7, 11) is 0. The molecule has 0 unspecified atom stereocenters. The highest BCUT2D eigenvalue weighted by atomic mass is 16.5. The fourth-order valence-corrected chi connectivity index (χ4v) is 4.27. The van der Waals surface area contributed by atoms with Crippen LogP contribution in [0, 0.1) is 0 Å². The molecule has 33 heavy (non-hydrogen) atoms. The van der Waals surface area contributed by atoms with Crippen LogP contribution < -0.4 is 15.5 Å². The van der Waals surface area contributed by atoms with E-state index in [1.807, 2.05) is 0 Å². The maximum absolute atomic E-state index is 12.9. The Morgan fingerprint density at radius 1 is 1.21 bits per heavy atom. The number of anilines is 3. The van der Waals surface area contributed by atoms with E-state index in [0.717, 1.165) is 42.4 Å². The molecule has 3 aromatic heterocycles. The van der Waals surface area contributed by atoms with Crippen molar-refractivity contribution in [1.82, 2.24) is 29.5 Å². The van der Waals surface area contributed by atoms with Crippen molar-refractivity contribution in [2.75, 3.05) is 28.8 Å². The van der Waals surface area contributed by atoms with Gasteiger partial charge >= 0.3 is 0 Å². The molecule has 2 aliphatic heterocycles. The Bertz CT molecular complexity index is 1160. The molecule has 5 rings (SSSR count). The lowest BCUT2D eigenvalue weighted by Crippen LogP contribution is -2.39. The molecule has 0 aliphatic carbocycles. The zero-order valence-electron chi connectivity index (χ0n) is 18.9. The van der Waals surface area contributed by atoms with Crippen LogP contribution in [0.5, 0.6) is 0 Å². The molecule has 0 aromatic carbocycles. The molecule has 172 valence electrons. The summed E-state index contributed by atoms with van der Waals surface area (Å²) < 4.78 is 7.21. The summed E-state index contributed by atoms with van der Waals surface area (Å²) in [5.41, 5.74) is 2.21. The predicted molar refractivity (Wildman–Crippen MR) is 123 cm³/mol. The standard InChI is InChI=1S/C22H27N9O2/c1-14(30-12-26-19-17(30)11-33-13-27-19)20(32)29-18-10-23-9-16(28-18)15-7-24-21(25-8-15)31-6-4-5-22(31,2)3/h7-10,12,14,27H,4-6,11,13H2,1-3H3,(H,28,29,32)/t14-/m0/s1. The number of carbonyl (C=O) groups is 1. The molecule has 1 atom stereocenters. The second-order valence-electron chi connectivity index (χ2n) is 8.91. The lowest BCUT2D eigenvalue weighted by atomic mass is 10.0. The van der Waals surface area contributed by atoms with Gasteiger partial charge in [0.15, 0.2) is 11.6 Å². The molecule has 11 nitrogen and oxygen atoms in total. The molecule has 1 amide bonds. The second-order valence-corrected chi connectivity index (χ2v) is 8.91. The van der Waals surface area contributed by atoms with Crippen molar-refractivity contribution in [2.24, 2.45) is 0 Å². The monoisotopic (exact) mass is 449 g/mol. The largest absolute Gasteiger partial charge is 0.355 e. The van der Waals surface area contributed by atoms with E-state index in [1.165, 1.54) is 6.20 Å². The van der Waals surface area contributed by atoms with E-state index in [-0.39, 0.29) is 11.4 Å². The first-order valence-electron chi connectivity index (χ1n) is 11.0. The zero-order valence-corrected chi connectivity index (χ0v) is 18.9. The molecule has 11 heteroatoms. The predicted octanol–water partition coefficient (Wildman–Crippen LogP) is 2.61. The van der Waals surface area contributed by atoms with E-state index in [0.29, 0.717) is 24.8 Å². The lowest BCUT2D eigenvalue weighted by Gasteiger charge is -2.31. The molecule has 0 saturated carbocycles. The molecule has 1 saturated heterocycles. The van der Waals surface area contributed by atoms with Crippen LogP contribution in [0.4, 0.5) is 17.6 Å². The van der Waals surface area contributed by atoms with Crippen LogP contribution >= 0.6 is 0 Å². The number of imidazole rings is 1. The van der Waals surface area contributed by atoms with Gasteiger partial charge in [-0.1, -0.05) is 0 Å². The van der Waals surface area contributed by atoms with Crippen molar-refractivity contribution in [1.29, 1.82) is 0 Å². The van der Waals surface area contributed by atoms with Gasteiger partial charge < -0.3 is 24.8 Å². The van der Waals surface area contributed by atoms with E-state index in [4.69, 9.17) is 4.74 Å². The van der Waals surface area contributed by atoms with E-state index >= 15 is 0 Å². The van der Waals surface area contributed by atoms with Crippen LogP contribution in [-0.2, 0) is 16.1 Å². The van der Waals surface area contributed by atoms with Crippen molar-refractivity contribution in [3.05, 3.63) is 36.8 Å². The number of rotatable bonds is 5. The number of amides is 1. The summed E-state index contributed by atoms with van der Waals surface area (Å²) in [4.78, 5) is 37.3. The molecular formula is C22H27N9O2. The van der Waals surface area contributed by atoms with Crippen LogP contribution in [0.25, 0.3) is 11.3 Å². The quantitative estimate of drug-likeness (QED) is 0.605. The number of ether oxygens (including phenoxy) is 1. The number of nitrogens with one attached hydrogen (secondary N) is 2. The highest BCUT2D eigenvalue weighted by Gasteiger charge is 2.33. The molecule has 2 aliphatic rings. The zero-order chi connectivity index (χ0) is 23.0. The third kappa shape index (κ3) is 4.11. The van der Waals surface area contributed by atoms with Gasteiger partial charge in [0, 0.05) is 30.0 Å². The highest BCUT2D eigenvalue weighted by molar-refractivity contribution is 5.92. The number of aromatic nitrogens is 6. The first kappa shape index (κ1) is 21.3. The number of hydrogen-bond acceptors (Lipinski definition) is 9. The fraction of sp³-hybridized carbons (Fsp3) is 0.455. The Hall–Kier alpha value is -3.60. The van der Waals surface area contributed by atoms with Gasteiger partial charge in [-0.2, -0.15) is 0 Å². The molecule has 0 radical (unpaired) electrons. The Morgan fingerprint density at radius 3 is 2.79 bits per heavy atom. The Labute approximate surface area is 191 Å². The Morgan fingerprint density at radius 2 is 2.03 bits per heavy atom. The van der Waals surface area contributed by atoms with Crippen LogP contribution in [0.2, 0.25) is 0 Å². The van der Waals surface area contributed by atoms with Crippen molar-refractivity contribution in [3.8, 4) is 11.3 Å². The number of hydrogen-bond donors (Lipinski definition) is 2. The third-order valence-electron chi connectivity index (χ3n) is 6.24. The van der Waals surface area contributed by atoms with Gasteiger partial charge in [-0.15, -0.1) is 0 Å². The van der Waals surface area contributed by atoms with E-state index in [9.17, 15) is 4.79 Å². The number of carbonyl (C=O) groups excluding carboxylic acids is 1. The number of nitrogens with zero attached hydrogens (tertiary/aromatic N) is 7. The van der Waals surface area contributed by atoms with Crippen molar-refractivity contribution in [2.45, 2.75) is 51.8 Å². The third-order valence-corrected chi connectivity index (χ3v) is 6.24. The average molecular weight is 450 g/mol. The SMILES string of the molecule is C[C@@H](C(=O)Nc1cncc(-c2cnc(N3CCCC3(C)C)nc2)n1)n1cnc2c1COCN2.